The van der Waals surface area contributed by atoms with Crippen molar-refractivity contribution in [3.63, 3.8) is 0 Å². The van der Waals surface area contributed by atoms with Gasteiger partial charge >= 0.3 is 5.97 Å². The number of carbonyl (C=O) groups is 1. The Labute approximate surface area is 86.3 Å². The Hall–Kier alpha value is -1.31. The van der Waals surface area contributed by atoms with Crippen molar-refractivity contribution in [1.82, 2.24) is 0 Å². The molecule has 0 aliphatic carbocycles. The summed E-state index contributed by atoms with van der Waals surface area (Å²) < 4.78 is 4.95. The minimum atomic E-state index is -0.898. The molecule has 0 saturated heterocycles. The zero-order chi connectivity index (χ0) is 10.4. The van der Waals surface area contributed by atoms with Crippen LogP contribution in [0.2, 0.25) is 0 Å². The largest absolute Gasteiger partial charge is 0.481 e. The van der Waals surface area contributed by atoms with Gasteiger partial charge in [-0.05, 0) is 6.07 Å². The number of thiophene rings is 1. The lowest BCUT2D eigenvalue weighted by Crippen LogP contribution is -1.89. The molecule has 0 spiro atoms. The highest BCUT2D eigenvalue weighted by Gasteiger charge is 1.96. The summed E-state index contributed by atoms with van der Waals surface area (Å²) in [6.45, 7) is 0.575. The quantitative estimate of drug-likeness (QED) is 0.773. The van der Waals surface area contributed by atoms with Gasteiger partial charge in [0.1, 0.15) is 6.42 Å². The number of aliphatic carboxylic acids is 1. The van der Waals surface area contributed by atoms with Crippen LogP contribution in [-0.2, 0) is 16.1 Å². The molecule has 0 amide bonds. The summed E-state index contributed by atoms with van der Waals surface area (Å²) in [6, 6.07) is 1.91. The van der Waals surface area contributed by atoms with E-state index in [9.17, 15) is 4.79 Å². The highest BCUT2D eigenvalue weighted by atomic mass is 32.1. The number of ether oxygens (including phenoxy) is 1. The first-order chi connectivity index (χ1) is 6.72. The molecule has 0 aliphatic rings. The summed E-state index contributed by atoms with van der Waals surface area (Å²) in [5, 5.41) is 10.3. The highest BCUT2D eigenvalue weighted by molar-refractivity contribution is 7.10. The fourth-order valence-electron chi connectivity index (χ4n) is 0.886. The fourth-order valence-corrected chi connectivity index (χ4v) is 1.67. The zero-order valence-electron chi connectivity index (χ0n) is 7.74. The molecule has 1 rings (SSSR count). The lowest BCUT2D eigenvalue weighted by Gasteiger charge is -1.89. The Morgan fingerprint density at radius 1 is 1.71 bits per heavy atom. The number of hydrogen-bond donors (Lipinski definition) is 1. The van der Waals surface area contributed by atoms with Gasteiger partial charge in [0.05, 0.1) is 6.61 Å². The second-order valence-corrected chi connectivity index (χ2v) is 3.60. The Morgan fingerprint density at radius 2 is 2.50 bits per heavy atom. The van der Waals surface area contributed by atoms with E-state index in [1.165, 1.54) is 0 Å². The Morgan fingerprint density at radius 3 is 3.14 bits per heavy atom. The molecule has 1 aromatic heterocycles. The molecule has 3 nitrogen and oxygen atoms in total. The Balaban J connectivity index is 2.57. The third-order valence-electron chi connectivity index (χ3n) is 1.41. The topological polar surface area (TPSA) is 46.5 Å². The summed E-state index contributed by atoms with van der Waals surface area (Å²) in [5.74, 6) is 4.45. The van der Waals surface area contributed by atoms with Crippen LogP contribution in [0, 0.1) is 11.8 Å². The SMILES string of the molecule is COCc1cc(C#CCC(=O)O)cs1. The van der Waals surface area contributed by atoms with E-state index in [2.05, 4.69) is 11.8 Å². The van der Waals surface area contributed by atoms with Crippen LogP contribution in [-0.4, -0.2) is 18.2 Å². The highest BCUT2D eigenvalue weighted by Crippen LogP contribution is 2.14. The van der Waals surface area contributed by atoms with Gasteiger partial charge in [-0.1, -0.05) is 11.8 Å². The van der Waals surface area contributed by atoms with Crippen LogP contribution in [0.25, 0.3) is 0 Å². The summed E-state index contributed by atoms with van der Waals surface area (Å²) >= 11 is 1.56. The number of carboxylic acids is 1. The lowest BCUT2D eigenvalue weighted by molar-refractivity contribution is -0.135. The van der Waals surface area contributed by atoms with Crippen LogP contribution in [0.1, 0.15) is 16.9 Å². The molecule has 0 bridgehead atoms. The smallest absolute Gasteiger partial charge is 0.315 e. The van der Waals surface area contributed by atoms with E-state index in [0.717, 1.165) is 10.4 Å². The van der Waals surface area contributed by atoms with Crippen molar-refractivity contribution in [2.24, 2.45) is 0 Å². The van der Waals surface area contributed by atoms with Crippen molar-refractivity contribution in [1.29, 1.82) is 0 Å². The average molecular weight is 210 g/mol. The molecule has 1 N–H and O–H groups in total. The summed E-state index contributed by atoms with van der Waals surface area (Å²) in [4.78, 5) is 11.3. The van der Waals surface area contributed by atoms with Crippen molar-refractivity contribution >= 4 is 17.3 Å². The molecule has 0 unspecified atom stereocenters. The van der Waals surface area contributed by atoms with Gasteiger partial charge in [-0.25, -0.2) is 0 Å². The lowest BCUT2D eigenvalue weighted by atomic mass is 10.3. The van der Waals surface area contributed by atoms with E-state index >= 15 is 0 Å². The molecule has 0 fully saturated rings. The molecule has 74 valence electrons. The first-order valence-electron chi connectivity index (χ1n) is 3.99. The predicted octanol–water partition coefficient (Wildman–Crippen LogP) is 1.72. The minimum Gasteiger partial charge on any atom is -0.481 e. The van der Waals surface area contributed by atoms with E-state index in [-0.39, 0.29) is 6.42 Å². The van der Waals surface area contributed by atoms with Gasteiger partial charge in [0.2, 0.25) is 0 Å². The molecule has 1 aromatic rings. The molecule has 14 heavy (non-hydrogen) atoms. The van der Waals surface area contributed by atoms with Gasteiger partial charge in [0.15, 0.2) is 0 Å². The van der Waals surface area contributed by atoms with Crippen LogP contribution < -0.4 is 0 Å². The number of rotatable bonds is 3. The second kappa shape index (κ2) is 5.43. The van der Waals surface area contributed by atoms with Crippen LogP contribution in [0.4, 0.5) is 0 Å². The van der Waals surface area contributed by atoms with E-state index in [0.29, 0.717) is 6.61 Å². The van der Waals surface area contributed by atoms with Crippen molar-refractivity contribution in [3.05, 3.63) is 21.9 Å². The van der Waals surface area contributed by atoms with Gasteiger partial charge in [0.25, 0.3) is 0 Å². The maximum atomic E-state index is 10.2. The van der Waals surface area contributed by atoms with E-state index in [1.807, 2.05) is 11.4 Å². The molecule has 0 aliphatic heterocycles. The standard InChI is InChI=1S/C10H10O3S/c1-13-6-9-5-8(7-14-9)3-2-4-10(11)12/h5,7H,4,6H2,1H3,(H,11,12). The summed E-state index contributed by atoms with van der Waals surface area (Å²) in [5.41, 5.74) is 0.850. The number of hydrogen-bond acceptors (Lipinski definition) is 3. The molecule has 0 atom stereocenters. The second-order valence-electron chi connectivity index (χ2n) is 2.61. The van der Waals surface area contributed by atoms with Crippen LogP contribution >= 0.6 is 11.3 Å². The van der Waals surface area contributed by atoms with Crippen LogP contribution in [0.5, 0.6) is 0 Å². The van der Waals surface area contributed by atoms with E-state index in [1.54, 1.807) is 18.4 Å². The van der Waals surface area contributed by atoms with Gasteiger partial charge in [-0.2, -0.15) is 0 Å². The average Bonchev–Trinajstić information content (AvgIpc) is 2.53. The normalized spacial score (nSPS) is 9.21. The van der Waals surface area contributed by atoms with Crippen molar-refractivity contribution in [2.75, 3.05) is 7.11 Å². The van der Waals surface area contributed by atoms with Crippen LogP contribution in [0.15, 0.2) is 11.4 Å². The van der Waals surface area contributed by atoms with Crippen molar-refractivity contribution in [2.45, 2.75) is 13.0 Å². The predicted molar refractivity (Wildman–Crippen MR) is 54.2 cm³/mol. The van der Waals surface area contributed by atoms with Gasteiger partial charge < -0.3 is 9.84 Å². The maximum Gasteiger partial charge on any atom is 0.315 e. The maximum absolute atomic E-state index is 10.2. The Bertz CT molecular complexity index is 370. The first kappa shape index (κ1) is 10.8. The van der Waals surface area contributed by atoms with Crippen molar-refractivity contribution in [3.8, 4) is 11.8 Å². The van der Waals surface area contributed by atoms with E-state index < -0.39 is 5.97 Å². The molecular formula is C10H10O3S. The molecular weight excluding hydrogens is 200 g/mol. The minimum absolute atomic E-state index is 0.116. The third-order valence-corrected chi connectivity index (χ3v) is 2.32. The third kappa shape index (κ3) is 3.60. The van der Waals surface area contributed by atoms with Crippen molar-refractivity contribution < 1.29 is 14.6 Å². The molecule has 4 heteroatoms. The van der Waals surface area contributed by atoms with Gasteiger partial charge in [-0.15, -0.1) is 11.3 Å². The fraction of sp³-hybridized carbons (Fsp3) is 0.300. The zero-order valence-corrected chi connectivity index (χ0v) is 8.56. The molecule has 0 aromatic carbocycles. The molecule has 0 saturated carbocycles. The first-order valence-corrected chi connectivity index (χ1v) is 4.87. The van der Waals surface area contributed by atoms with Gasteiger partial charge in [-0.3, -0.25) is 4.79 Å². The van der Waals surface area contributed by atoms with Gasteiger partial charge in [0, 0.05) is 22.9 Å². The molecule has 1 heterocycles. The van der Waals surface area contributed by atoms with E-state index in [4.69, 9.17) is 9.84 Å². The molecule has 0 radical (unpaired) electrons. The van der Waals surface area contributed by atoms with Crippen LogP contribution in [0.3, 0.4) is 0 Å². The summed E-state index contributed by atoms with van der Waals surface area (Å²) in [7, 11) is 1.63. The summed E-state index contributed by atoms with van der Waals surface area (Å²) in [6.07, 6.45) is -0.116. The monoisotopic (exact) mass is 210 g/mol. The number of methoxy groups -OCH3 is 1. The number of carboxylic acid groups (broad SMARTS) is 1. The Kier molecular flexibility index (Phi) is 4.17.